The van der Waals surface area contributed by atoms with Gasteiger partial charge in [-0.25, -0.2) is 4.79 Å². The number of para-hydroxylation sites is 1. The standard InChI is InChI=1S/C25H30N4O6/c1-4-26-23(30)16-35-21-12-11-17(13-22(21)33-3)15-27-24(31)20-14-19(25(32)34-5-2)28-29(20)18-9-7-6-8-10-18/h6-13,20H,4-5,14-16H2,1-3H3,(H,26,30)(H,27,31). The molecule has 0 fully saturated rings. The molecule has 35 heavy (non-hydrogen) atoms. The van der Waals surface area contributed by atoms with Gasteiger partial charge in [0, 0.05) is 19.5 Å². The summed E-state index contributed by atoms with van der Waals surface area (Å²) in [5.74, 6) is -0.174. The number of methoxy groups -OCH3 is 1. The Kier molecular flexibility index (Phi) is 9.05. The lowest BCUT2D eigenvalue weighted by molar-refractivity contribution is -0.135. The molecule has 0 aromatic heterocycles. The molecule has 2 amide bonds. The summed E-state index contributed by atoms with van der Waals surface area (Å²) in [5.41, 5.74) is 1.67. The monoisotopic (exact) mass is 482 g/mol. The van der Waals surface area contributed by atoms with E-state index in [4.69, 9.17) is 14.2 Å². The summed E-state index contributed by atoms with van der Waals surface area (Å²) in [6.45, 7) is 4.39. The van der Waals surface area contributed by atoms with Crippen molar-refractivity contribution in [3.05, 3.63) is 54.1 Å². The summed E-state index contributed by atoms with van der Waals surface area (Å²) >= 11 is 0. The van der Waals surface area contributed by atoms with Gasteiger partial charge >= 0.3 is 5.97 Å². The third-order valence-electron chi connectivity index (χ3n) is 5.17. The molecule has 1 heterocycles. The number of amides is 2. The van der Waals surface area contributed by atoms with Crippen molar-refractivity contribution in [3.63, 3.8) is 0 Å². The Morgan fingerprint density at radius 3 is 2.51 bits per heavy atom. The molecule has 1 aliphatic rings. The predicted octanol–water partition coefficient (Wildman–Crippen LogP) is 2.02. The maximum Gasteiger partial charge on any atom is 0.354 e. The zero-order chi connectivity index (χ0) is 25.2. The van der Waals surface area contributed by atoms with Gasteiger partial charge < -0.3 is 24.8 Å². The molecule has 1 aliphatic heterocycles. The average Bonchev–Trinajstić information content (AvgIpc) is 3.33. The maximum absolute atomic E-state index is 13.1. The van der Waals surface area contributed by atoms with E-state index in [1.807, 2.05) is 37.3 Å². The van der Waals surface area contributed by atoms with E-state index in [1.54, 1.807) is 30.1 Å². The summed E-state index contributed by atoms with van der Waals surface area (Å²) in [5, 5.41) is 11.5. The van der Waals surface area contributed by atoms with Crippen LogP contribution in [0.15, 0.2) is 53.6 Å². The molecule has 0 aliphatic carbocycles. The number of carbonyl (C=O) groups excluding carboxylic acids is 3. The summed E-state index contributed by atoms with van der Waals surface area (Å²) in [4.78, 5) is 37.0. The molecule has 186 valence electrons. The highest BCUT2D eigenvalue weighted by atomic mass is 16.5. The molecule has 10 heteroatoms. The number of carbonyl (C=O) groups is 3. The predicted molar refractivity (Wildman–Crippen MR) is 130 cm³/mol. The second-order valence-electron chi connectivity index (χ2n) is 7.61. The molecule has 10 nitrogen and oxygen atoms in total. The van der Waals surface area contributed by atoms with Crippen molar-refractivity contribution in [2.24, 2.45) is 5.10 Å². The van der Waals surface area contributed by atoms with Gasteiger partial charge in [0.25, 0.3) is 5.91 Å². The van der Waals surface area contributed by atoms with Gasteiger partial charge in [0.05, 0.1) is 19.4 Å². The highest BCUT2D eigenvalue weighted by Gasteiger charge is 2.36. The zero-order valence-electron chi connectivity index (χ0n) is 20.1. The number of benzene rings is 2. The third-order valence-corrected chi connectivity index (χ3v) is 5.17. The van der Waals surface area contributed by atoms with Crippen LogP contribution in [-0.2, 0) is 25.7 Å². The second kappa shape index (κ2) is 12.4. The van der Waals surface area contributed by atoms with Gasteiger partial charge in [-0.05, 0) is 43.7 Å². The first kappa shape index (κ1) is 25.5. The van der Waals surface area contributed by atoms with E-state index in [2.05, 4.69) is 15.7 Å². The summed E-state index contributed by atoms with van der Waals surface area (Å²) in [7, 11) is 1.50. The fraction of sp³-hybridized carbons (Fsp3) is 0.360. The van der Waals surface area contributed by atoms with E-state index >= 15 is 0 Å². The molecule has 0 saturated carbocycles. The van der Waals surface area contributed by atoms with Crippen LogP contribution in [-0.4, -0.2) is 56.4 Å². The number of hydrogen-bond donors (Lipinski definition) is 2. The quantitative estimate of drug-likeness (QED) is 0.471. The van der Waals surface area contributed by atoms with E-state index in [9.17, 15) is 14.4 Å². The van der Waals surface area contributed by atoms with Crippen molar-refractivity contribution >= 4 is 29.2 Å². The lowest BCUT2D eigenvalue weighted by Gasteiger charge is -2.22. The van der Waals surface area contributed by atoms with Crippen molar-refractivity contribution < 1.29 is 28.6 Å². The second-order valence-corrected chi connectivity index (χ2v) is 7.61. The van der Waals surface area contributed by atoms with Crippen LogP contribution in [0.1, 0.15) is 25.8 Å². The van der Waals surface area contributed by atoms with Crippen LogP contribution in [0.25, 0.3) is 0 Å². The molecule has 3 rings (SSSR count). The SMILES string of the molecule is CCNC(=O)COc1ccc(CNC(=O)C2CC(C(=O)OCC)=NN2c2ccccc2)cc1OC. The molecular formula is C25H30N4O6. The Balaban J connectivity index is 1.67. The minimum Gasteiger partial charge on any atom is -0.493 e. The fourth-order valence-corrected chi connectivity index (χ4v) is 3.51. The normalized spacial score (nSPS) is 14.7. The van der Waals surface area contributed by atoms with E-state index in [-0.39, 0.29) is 43.7 Å². The Bertz CT molecular complexity index is 1070. The van der Waals surface area contributed by atoms with E-state index in [1.165, 1.54) is 7.11 Å². The number of likely N-dealkylation sites (N-methyl/N-ethyl adjacent to an activating group) is 1. The van der Waals surface area contributed by atoms with Crippen molar-refractivity contribution in [2.75, 3.05) is 31.9 Å². The lowest BCUT2D eigenvalue weighted by Crippen LogP contribution is -2.42. The van der Waals surface area contributed by atoms with Crippen LogP contribution in [0.3, 0.4) is 0 Å². The van der Waals surface area contributed by atoms with Crippen LogP contribution in [0.2, 0.25) is 0 Å². The number of esters is 1. The van der Waals surface area contributed by atoms with Crippen LogP contribution < -0.4 is 25.1 Å². The molecule has 0 radical (unpaired) electrons. The minimum atomic E-state index is -0.696. The zero-order valence-corrected chi connectivity index (χ0v) is 20.1. The minimum absolute atomic E-state index is 0.125. The highest BCUT2D eigenvalue weighted by Crippen LogP contribution is 2.28. The molecule has 1 unspecified atom stereocenters. The topological polar surface area (TPSA) is 119 Å². The molecule has 0 saturated heterocycles. The van der Waals surface area contributed by atoms with Gasteiger partial charge in [-0.1, -0.05) is 24.3 Å². The molecule has 1 atom stereocenters. The number of hydrogen-bond acceptors (Lipinski definition) is 8. The van der Waals surface area contributed by atoms with Crippen LogP contribution >= 0.6 is 0 Å². The van der Waals surface area contributed by atoms with Crippen molar-refractivity contribution in [1.29, 1.82) is 0 Å². The van der Waals surface area contributed by atoms with Gasteiger partial charge in [0.2, 0.25) is 5.91 Å². The third kappa shape index (κ3) is 6.72. The number of rotatable bonds is 11. The fourth-order valence-electron chi connectivity index (χ4n) is 3.51. The number of hydrazone groups is 1. The average molecular weight is 483 g/mol. The van der Waals surface area contributed by atoms with Crippen LogP contribution in [0.5, 0.6) is 11.5 Å². The largest absolute Gasteiger partial charge is 0.493 e. The number of anilines is 1. The number of nitrogens with zero attached hydrogens (tertiary/aromatic N) is 2. The Hall–Kier alpha value is -4.08. The lowest BCUT2D eigenvalue weighted by atomic mass is 10.1. The van der Waals surface area contributed by atoms with Gasteiger partial charge in [0.15, 0.2) is 18.1 Å². The van der Waals surface area contributed by atoms with Crippen molar-refractivity contribution in [2.45, 2.75) is 32.9 Å². The van der Waals surface area contributed by atoms with Gasteiger partial charge in [-0.3, -0.25) is 14.6 Å². The first-order valence-corrected chi connectivity index (χ1v) is 11.4. The molecule has 0 bridgehead atoms. The summed E-state index contributed by atoms with van der Waals surface area (Å²) in [6.07, 6.45) is 0.134. The molecule has 2 N–H and O–H groups in total. The molecule has 2 aromatic carbocycles. The first-order chi connectivity index (χ1) is 17.0. The Labute approximate surface area is 204 Å². The van der Waals surface area contributed by atoms with E-state index < -0.39 is 12.0 Å². The molecule has 0 spiro atoms. The van der Waals surface area contributed by atoms with E-state index in [0.29, 0.717) is 23.7 Å². The summed E-state index contributed by atoms with van der Waals surface area (Å²) in [6, 6.07) is 13.7. The number of ether oxygens (including phenoxy) is 3. The molecular weight excluding hydrogens is 452 g/mol. The maximum atomic E-state index is 13.1. The smallest absolute Gasteiger partial charge is 0.354 e. The Morgan fingerprint density at radius 1 is 1.06 bits per heavy atom. The summed E-state index contributed by atoms with van der Waals surface area (Å²) < 4.78 is 16.0. The van der Waals surface area contributed by atoms with E-state index in [0.717, 1.165) is 5.56 Å². The van der Waals surface area contributed by atoms with Gasteiger partial charge in [0.1, 0.15) is 11.8 Å². The van der Waals surface area contributed by atoms with Crippen molar-refractivity contribution in [1.82, 2.24) is 10.6 Å². The highest BCUT2D eigenvalue weighted by molar-refractivity contribution is 6.38. The van der Waals surface area contributed by atoms with Gasteiger partial charge in [-0.2, -0.15) is 5.10 Å². The van der Waals surface area contributed by atoms with Crippen molar-refractivity contribution in [3.8, 4) is 11.5 Å². The Morgan fingerprint density at radius 2 is 1.83 bits per heavy atom. The van der Waals surface area contributed by atoms with Gasteiger partial charge in [-0.15, -0.1) is 0 Å². The number of nitrogens with one attached hydrogen (secondary N) is 2. The van der Waals surface area contributed by atoms with Crippen LogP contribution in [0, 0.1) is 0 Å². The molecule has 2 aromatic rings. The van der Waals surface area contributed by atoms with Crippen LogP contribution in [0.4, 0.5) is 5.69 Å². The first-order valence-electron chi connectivity index (χ1n) is 11.4.